The SMILES string of the molecule is COc1ccc(C)cc1N(CC(=O)N/N=C\c1ccc(OCC(N)=O)cc1)S(=O)(=O)c1ccc(C)cc1. The Balaban J connectivity index is 1.81. The Morgan fingerprint density at radius 1 is 1.00 bits per heavy atom. The zero-order valence-electron chi connectivity index (χ0n) is 20.7. The van der Waals surface area contributed by atoms with Crippen molar-refractivity contribution in [1.82, 2.24) is 5.43 Å². The van der Waals surface area contributed by atoms with Crippen molar-refractivity contribution in [1.29, 1.82) is 0 Å². The van der Waals surface area contributed by atoms with Gasteiger partial charge in [-0.25, -0.2) is 13.8 Å². The van der Waals surface area contributed by atoms with Gasteiger partial charge in [-0.05, 0) is 73.5 Å². The van der Waals surface area contributed by atoms with Crippen LogP contribution >= 0.6 is 0 Å². The summed E-state index contributed by atoms with van der Waals surface area (Å²) < 4.78 is 38.8. The highest BCUT2D eigenvalue weighted by Crippen LogP contribution is 2.33. The van der Waals surface area contributed by atoms with Gasteiger partial charge in [0.15, 0.2) is 6.61 Å². The van der Waals surface area contributed by atoms with E-state index in [0.717, 1.165) is 15.4 Å². The number of nitrogens with two attached hydrogens (primary N) is 1. The van der Waals surface area contributed by atoms with Crippen LogP contribution in [0.1, 0.15) is 16.7 Å². The summed E-state index contributed by atoms with van der Waals surface area (Å²) in [5.74, 6) is -0.493. The third-order valence-corrected chi connectivity index (χ3v) is 6.94. The van der Waals surface area contributed by atoms with E-state index in [9.17, 15) is 18.0 Å². The first-order chi connectivity index (χ1) is 17.6. The van der Waals surface area contributed by atoms with Crippen molar-refractivity contribution in [3.05, 3.63) is 83.4 Å². The molecular weight excluding hydrogens is 496 g/mol. The number of amides is 2. The van der Waals surface area contributed by atoms with Crippen LogP contribution in [0.25, 0.3) is 0 Å². The lowest BCUT2D eigenvalue weighted by Gasteiger charge is -2.25. The third kappa shape index (κ3) is 7.31. The smallest absolute Gasteiger partial charge is 0.264 e. The van der Waals surface area contributed by atoms with Crippen LogP contribution in [0.5, 0.6) is 11.5 Å². The van der Waals surface area contributed by atoms with Crippen molar-refractivity contribution in [3.8, 4) is 11.5 Å². The summed E-state index contributed by atoms with van der Waals surface area (Å²) in [6.45, 7) is 2.89. The van der Waals surface area contributed by atoms with Crippen molar-refractivity contribution in [2.75, 3.05) is 24.6 Å². The third-order valence-electron chi connectivity index (χ3n) is 5.16. The maximum absolute atomic E-state index is 13.6. The van der Waals surface area contributed by atoms with Gasteiger partial charge in [-0.3, -0.25) is 13.9 Å². The van der Waals surface area contributed by atoms with Crippen molar-refractivity contribution in [3.63, 3.8) is 0 Å². The molecule has 0 bridgehead atoms. The Morgan fingerprint density at radius 2 is 1.65 bits per heavy atom. The Bertz CT molecular complexity index is 1390. The number of benzene rings is 3. The van der Waals surface area contributed by atoms with Gasteiger partial charge in [0.05, 0.1) is 23.9 Å². The zero-order valence-corrected chi connectivity index (χ0v) is 21.5. The molecule has 2 amide bonds. The van der Waals surface area contributed by atoms with Crippen LogP contribution in [0.15, 0.2) is 76.7 Å². The molecule has 3 rings (SSSR count). The van der Waals surface area contributed by atoms with Crippen LogP contribution in [0, 0.1) is 13.8 Å². The number of carbonyl (C=O) groups excluding carboxylic acids is 2. The molecule has 3 aromatic rings. The first-order valence-corrected chi connectivity index (χ1v) is 12.6. The summed E-state index contributed by atoms with van der Waals surface area (Å²) in [5, 5.41) is 3.93. The van der Waals surface area contributed by atoms with Crippen molar-refractivity contribution >= 4 is 33.7 Å². The largest absolute Gasteiger partial charge is 0.495 e. The first kappa shape index (κ1) is 27.2. The monoisotopic (exact) mass is 524 g/mol. The molecule has 37 heavy (non-hydrogen) atoms. The summed E-state index contributed by atoms with van der Waals surface area (Å²) in [4.78, 5) is 23.6. The second kappa shape index (κ2) is 12.0. The summed E-state index contributed by atoms with van der Waals surface area (Å²) in [7, 11) is -2.69. The fraction of sp³-hybridized carbons (Fsp3) is 0.192. The normalized spacial score (nSPS) is 11.2. The molecule has 11 heteroatoms. The van der Waals surface area contributed by atoms with Crippen LogP contribution in [0.2, 0.25) is 0 Å². The molecule has 0 aliphatic rings. The molecule has 0 saturated heterocycles. The predicted molar refractivity (Wildman–Crippen MR) is 140 cm³/mol. The van der Waals surface area contributed by atoms with Gasteiger partial charge >= 0.3 is 0 Å². The van der Waals surface area contributed by atoms with Gasteiger partial charge in [0, 0.05) is 0 Å². The molecule has 0 fully saturated rings. The molecule has 0 spiro atoms. The number of methoxy groups -OCH3 is 1. The lowest BCUT2D eigenvalue weighted by atomic mass is 10.2. The molecule has 194 valence electrons. The topological polar surface area (TPSA) is 140 Å². The molecule has 0 atom stereocenters. The Labute approximate surface area is 215 Å². The van der Waals surface area contributed by atoms with E-state index in [1.54, 1.807) is 54.6 Å². The Kier molecular flexibility index (Phi) is 8.86. The first-order valence-electron chi connectivity index (χ1n) is 11.2. The molecule has 0 aliphatic heterocycles. The highest BCUT2D eigenvalue weighted by molar-refractivity contribution is 7.92. The van der Waals surface area contributed by atoms with Gasteiger partial charge in [-0.1, -0.05) is 23.8 Å². The number of hydrogen-bond donors (Lipinski definition) is 2. The van der Waals surface area contributed by atoms with Crippen molar-refractivity contribution in [2.45, 2.75) is 18.7 Å². The highest BCUT2D eigenvalue weighted by atomic mass is 32.2. The number of nitrogens with one attached hydrogen (secondary N) is 1. The zero-order chi connectivity index (χ0) is 27.0. The van der Waals surface area contributed by atoms with E-state index in [1.807, 2.05) is 13.8 Å². The van der Waals surface area contributed by atoms with Gasteiger partial charge in [0.1, 0.15) is 18.0 Å². The molecule has 0 aliphatic carbocycles. The standard InChI is InChI=1S/C26H28N4O6S/c1-18-4-11-22(12-5-18)37(33,34)30(23-14-19(2)6-13-24(23)35-3)16-26(32)29-28-15-20-7-9-21(10-8-20)36-17-25(27)31/h4-15H,16-17H2,1-3H3,(H2,27,31)(H,29,32)/b28-15-. The van der Waals surface area contributed by atoms with Crippen LogP contribution in [0.3, 0.4) is 0 Å². The number of primary amides is 1. The quantitative estimate of drug-likeness (QED) is 0.292. The molecule has 0 unspecified atom stereocenters. The maximum atomic E-state index is 13.6. The van der Waals surface area contributed by atoms with E-state index in [4.69, 9.17) is 15.2 Å². The highest BCUT2D eigenvalue weighted by Gasteiger charge is 2.29. The number of anilines is 1. The van der Waals surface area contributed by atoms with E-state index >= 15 is 0 Å². The summed E-state index contributed by atoms with van der Waals surface area (Å²) in [6.07, 6.45) is 1.39. The Morgan fingerprint density at radius 3 is 2.27 bits per heavy atom. The fourth-order valence-electron chi connectivity index (χ4n) is 3.28. The van der Waals surface area contributed by atoms with Crippen LogP contribution in [0.4, 0.5) is 5.69 Å². The van der Waals surface area contributed by atoms with Gasteiger partial charge < -0.3 is 15.2 Å². The maximum Gasteiger partial charge on any atom is 0.264 e. The van der Waals surface area contributed by atoms with E-state index in [1.165, 1.54) is 25.5 Å². The number of hydrazone groups is 1. The Hall–Kier alpha value is -4.38. The molecular formula is C26H28N4O6S. The lowest BCUT2D eigenvalue weighted by molar-refractivity contribution is -0.120. The van der Waals surface area contributed by atoms with Gasteiger partial charge in [-0.15, -0.1) is 0 Å². The summed E-state index contributed by atoms with van der Waals surface area (Å²) in [6, 6.07) is 18.0. The predicted octanol–water partition coefficient (Wildman–Crippen LogP) is 2.52. The number of ether oxygens (including phenoxy) is 2. The molecule has 3 aromatic carbocycles. The minimum Gasteiger partial charge on any atom is -0.495 e. The van der Waals surface area contributed by atoms with E-state index < -0.39 is 28.4 Å². The molecule has 0 radical (unpaired) electrons. The number of nitrogens with zero attached hydrogens (tertiary/aromatic N) is 2. The minimum absolute atomic E-state index is 0.0385. The number of rotatable bonds is 11. The second-order valence-electron chi connectivity index (χ2n) is 8.12. The summed E-state index contributed by atoms with van der Waals surface area (Å²) >= 11 is 0. The average Bonchev–Trinajstić information content (AvgIpc) is 2.87. The average molecular weight is 525 g/mol. The van der Waals surface area contributed by atoms with Crippen molar-refractivity contribution < 1.29 is 27.5 Å². The minimum atomic E-state index is -4.12. The van der Waals surface area contributed by atoms with Crippen LogP contribution < -0.4 is 24.9 Å². The number of hydrogen-bond acceptors (Lipinski definition) is 7. The molecule has 3 N–H and O–H groups in total. The number of sulfonamides is 1. The van der Waals surface area contributed by atoms with Gasteiger partial charge in [0.25, 0.3) is 21.8 Å². The molecule has 0 saturated carbocycles. The second-order valence-corrected chi connectivity index (χ2v) is 9.98. The fourth-order valence-corrected chi connectivity index (χ4v) is 4.70. The lowest BCUT2D eigenvalue weighted by Crippen LogP contribution is -2.39. The number of carbonyl (C=O) groups is 2. The van der Waals surface area contributed by atoms with Crippen LogP contribution in [-0.2, 0) is 19.6 Å². The van der Waals surface area contributed by atoms with E-state index in [2.05, 4.69) is 10.5 Å². The summed E-state index contributed by atoms with van der Waals surface area (Å²) in [5.41, 5.74) is 9.97. The molecule has 10 nitrogen and oxygen atoms in total. The van der Waals surface area contributed by atoms with Crippen molar-refractivity contribution in [2.24, 2.45) is 10.8 Å². The van der Waals surface area contributed by atoms with E-state index in [-0.39, 0.29) is 17.2 Å². The molecule has 0 aromatic heterocycles. The van der Waals surface area contributed by atoms with Gasteiger partial charge in [0.2, 0.25) is 0 Å². The van der Waals surface area contributed by atoms with Gasteiger partial charge in [-0.2, -0.15) is 5.10 Å². The number of aryl methyl sites for hydroxylation is 2. The van der Waals surface area contributed by atoms with E-state index in [0.29, 0.717) is 17.1 Å². The van der Waals surface area contributed by atoms with Crippen LogP contribution in [-0.4, -0.2) is 46.7 Å². The molecule has 0 heterocycles.